The molecule has 2 unspecified atom stereocenters. The van der Waals surface area contributed by atoms with Crippen LogP contribution in [0.15, 0.2) is 48.5 Å². The normalized spacial score (nSPS) is 21.1. The first-order chi connectivity index (χ1) is 16.9. The lowest BCUT2D eigenvalue weighted by Gasteiger charge is -2.39. The van der Waals surface area contributed by atoms with E-state index in [2.05, 4.69) is 0 Å². The number of carboxylic acid groups (broad SMARTS) is 1. The van der Waals surface area contributed by atoms with Crippen molar-refractivity contribution in [2.24, 2.45) is 5.92 Å². The van der Waals surface area contributed by atoms with E-state index >= 15 is 0 Å². The quantitative estimate of drug-likeness (QED) is 0.436. The highest BCUT2D eigenvalue weighted by Gasteiger charge is 2.34. The fourth-order valence-corrected chi connectivity index (χ4v) is 4.49. The first kappa shape index (κ1) is 28.0. The zero-order valence-electron chi connectivity index (χ0n) is 19.6. The second kappa shape index (κ2) is 12.1. The largest absolute Gasteiger partial charge is 0.481 e. The van der Waals surface area contributed by atoms with Crippen molar-refractivity contribution in [1.29, 1.82) is 0 Å². The fraction of sp³-hybridized carbons (Fsp3) is 0.500. The van der Waals surface area contributed by atoms with E-state index in [0.717, 1.165) is 37.5 Å². The van der Waals surface area contributed by atoms with Gasteiger partial charge in [0.2, 0.25) is 0 Å². The first-order valence-electron chi connectivity index (χ1n) is 11.8. The summed E-state index contributed by atoms with van der Waals surface area (Å²) in [5.41, 5.74) is -0.268. The molecule has 2 aliphatic rings. The molecule has 2 aromatic rings. The van der Waals surface area contributed by atoms with Crippen molar-refractivity contribution in [2.45, 2.75) is 57.0 Å². The number of alkyl halides is 6. The molecule has 2 atom stereocenters. The van der Waals surface area contributed by atoms with Crippen molar-refractivity contribution in [1.82, 2.24) is 4.90 Å². The summed E-state index contributed by atoms with van der Waals surface area (Å²) in [6.07, 6.45) is -5.35. The Hall–Kier alpha value is -2.59. The van der Waals surface area contributed by atoms with Gasteiger partial charge in [-0.1, -0.05) is 24.3 Å². The Kier molecular flexibility index (Phi) is 9.41. The maximum absolute atomic E-state index is 12.9. The number of likely N-dealkylation sites (tertiary alicyclic amines) is 1. The molecule has 0 aliphatic carbocycles. The van der Waals surface area contributed by atoms with Crippen molar-refractivity contribution in [3.8, 4) is 0 Å². The van der Waals surface area contributed by atoms with E-state index in [9.17, 15) is 31.1 Å². The van der Waals surface area contributed by atoms with Gasteiger partial charge in [-0.3, -0.25) is 9.69 Å². The molecule has 2 heterocycles. The Morgan fingerprint density at radius 2 is 1.42 bits per heavy atom. The molecule has 0 saturated carbocycles. The van der Waals surface area contributed by atoms with Crippen LogP contribution in [0, 0.1) is 5.92 Å². The number of nitrogens with zero attached hydrogens (tertiary/aromatic N) is 1. The number of aliphatic carboxylic acids is 1. The smallest absolute Gasteiger partial charge is 0.416 e. The highest BCUT2D eigenvalue weighted by Crippen LogP contribution is 2.38. The van der Waals surface area contributed by atoms with Crippen LogP contribution in [-0.2, 0) is 28.4 Å². The molecule has 1 N–H and O–H groups in total. The molecule has 0 spiro atoms. The topological polar surface area (TPSA) is 49.8 Å². The summed E-state index contributed by atoms with van der Waals surface area (Å²) in [5.74, 6) is -1.07. The molecule has 0 bridgehead atoms. The molecule has 0 radical (unpaired) electrons. The summed E-state index contributed by atoms with van der Waals surface area (Å²) in [7, 11) is 0. The molecule has 36 heavy (non-hydrogen) atoms. The Bertz CT molecular complexity index is 962. The average molecular weight is 518 g/mol. The van der Waals surface area contributed by atoms with Crippen LogP contribution >= 0.6 is 0 Å². The second-order valence-electron chi connectivity index (χ2n) is 9.11. The number of carbonyl (C=O) groups is 1. The molecule has 2 fully saturated rings. The van der Waals surface area contributed by atoms with Crippen molar-refractivity contribution >= 4 is 5.97 Å². The van der Waals surface area contributed by atoms with Gasteiger partial charge in [0, 0.05) is 32.2 Å². The fourth-order valence-electron chi connectivity index (χ4n) is 4.49. The van der Waals surface area contributed by atoms with E-state index in [1.165, 1.54) is 37.1 Å². The number of ether oxygens (including phenoxy) is 1. The lowest BCUT2D eigenvalue weighted by atomic mass is 9.84. The summed E-state index contributed by atoms with van der Waals surface area (Å²) in [6.45, 7) is 2.80. The van der Waals surface area contributed by atoms with Gasteiger partial charge in [-0.25, -0.2) is 0 Å². The molecule has 10 heteroatoms. The number of rotatable bonds is 5. The molecular formula is C26H29F6NO3. The minimum atomic E-state index is -4.46. The minimum Gasteiger partial charge on any atom is -0.481 e. The lowest BCUT2D eigenvalue weighted by Crippen LogP contribution is -2.37. The number of benzene rings is 2. The monoisotopic (exact) mass is 517 g/mol. The van der Waals surface area contributed by atoms with Crippen LogP contribution in [0.5, 0.6) is 0 Å². The van der Waals surface area contributed by atoms with Gasteiger partial charge in [-0.05, 0) is 73.5 Å². The molecule has 2 saturated heterocycles. The molecule has 198 valence electrons. The number of carboxylic acids is 1. The van der Waals surface area contributed by atoms with Gasteiger partial charge in [0.05, 0.1) is 11.1 Å². The highest BCUT2D eigenvalue weighted by molar-refractivity contribution is 5.67. The van der Waals surface area contributed by atoms with Crippen LogP contribution < -0.4 is 0 Å². The van der Waals surface area contributed by atoms with Crippen LogP contribution in [0.2, 0.25) is 0 Å². The summed E-state index contributed by atoms with van der Waals surface area (Å²) in [6, 6.07) is 9.19. The number of hydrogen-bond acceptors (Lipinski definition) is 3. The third kappa shape index (κ3) is 8.23. The Labute approximate surface area is 205 Å². The van der Waals surface area contributed by atoms with E-state index in [1.807, 2.05) is 4.90 Å². The van der Waals surface area contributed by atoms with Gasteiger partial charge in [0.15, 0.2) is 0 Å². The predicted octanol–water partition coefficient (Wildman–Crippen LogP) is 6.95. The van der Waals surface area contributed by atoms with Crippen LogP contribution in [0.4, 0.5) is 26.3 Å². The maximum atomic E-state index is 12.9. The van der Waals surface area contributed by atoms with E-state index in [1.54, 1.807) is 0 Å². The number of halogens is 6. The SMILES string of the molecule is C1CCOC1.O=C(O)CC1CCN(Cc2ccc(C(F)(F)F)cc2)C(c2ccc(C(F)(F)F)cc2)C1. The zero-order valence-corrected chi connectivity index (χ0v) is 19.6. The minimum absolute atomic E-state index is 0.0365. The average Bonchev–Trinajstić information content (AvgIpc) is 3.39. The van der Waals surface area contributed by atoms with E-state index in [4.69, 9.17) is 9.84 Å². The van der Waals surface area contributed by atoms with Crippen molar-refractivity contribution < 1.29 is 41.0 Å². The maximum Gasteiger partial charge on any atom is 0.416 e. The third-order valence-corrected chi connectivity index (χ3v) is 6.40. The van der Waals surface area contributed by atoms with Crippen molar-refractivity contribution in [2.75, 3.05) is 19.8 Å². The third-order valence-electron chi connectivity index (χ3n) is 6.40. The molecule has 4 rings (SSSR count). The van der Waals surface area contributed by atoms with Gasteiger partial charge in [-0.2, -0.15) is 26.3 Å². The number of hydrogen-bond donors (Lipinski definition) is 1. The van der Waals surface area contributed by atoms with Gasteiger partial charge >= 0.3 is 18.3 Å². The summed E-state index contributed by atoms with van der Waals surface area (Å²) in [4.78, 5) is 13.1. The first-order valence-corrected chi connectivity index (χ1v) is 11.8. The van der Waals surface area contributed by atoms with E-state index in [0.29, 0.717) is 37.1 Å². The summed E-state index contributed by atoms with van der Waals surface area (Å²) >= 11 is 0. The van der Waals surface area contributed by atoms with Gasteiger partial charge in [0.25, 0.3) is 0 Å². The van der Waals surface area contributed by atoms with E-state index in [-0.39, 0.29) is 18.4 Å². The molecule has 2 aliphatic heterocycles. The van der Waals surface area contributed by atoms with Gasteiger partial charge < -0.3 is 9.84 Å². The number of piperidine rings is 1. The standard InChI is InChI=1S/C22H21F6NO2.C4H8O/c23-21(24,25)17-5-1-14(2-6-17)13-29-10-9-15(12-20(30)31)11-19(29)16-3-7-18(8-4-16)22(26,27)28;1-2-4-5-3-1/h1-8,15,19H,9-13H2,(H,30,31);1-4H2. The summed E-state index contributed by atoms with van der Waals surface area (Å²) < 4.78 is 82.0. The molecule has 0 aromatic heterocycles. The van der Waals surface area contributed by atoms with Crippen LogP contribution in [0.25, 0.3) is 0 Å². The predicted molar refractivity (Wildman–Crippen MR) is 121 cm³/mol. The van der Waals surface area contributed by atoms with Crippen LogP contribution in [0.3, 0.4) is 0 Å². The summed E-state index contributed by atoms with van der Waals surface area (Å²) in [5, 5.41) is 9.11. The Balaban J connectivity index is 0.000000642. The Morgan fingerprint density at radius 3 is 1.86 bits per heavy atom. The lowest BCUT2D eigenvalue weighted by molar-refractivity contribution is -0.139. The van der Waals surface area contributed by atoms with Crippen molar-refractivity contribution in [3.63, 3.8) is 0 Å². The van der Waals surface area contributed by atoms with E-state index < -0.39 is 29.4 Å². The van der Waals surface area contributed by atoms with Gasteiger partial charge in [-0.15, -0.1) is 0 Å². The Morgan fingerprint density at radius 1 is 0.889 bits per heavy atom. The van der Waals surface area contributed by atoms with Gasteiger partial charge in [0.1, 0.15) is 0 Å². The van der Waals surface area contributed by atoms with Crippen LogP contribution in [0.1, 0.15) is 60.4 Å². The molecule has 0 amide bonds. The van der Waals surface area contributed by atoms with Crippen molar-refractivity contribution in [3.05, 3.63) is 70.8 Å². The molecule has 4 nitrogen and oxygen atoms in total. The second-order valence-corrected chi connectivity index (χ2v) is 9.11. The zero-order chi connectivity index (χ0) is 26.3. The molecule has 2 aromatic carbocycles. The highest BCUT2D eigenvalue weighted by atomic mass is 19.4. The van der Waals surface area contributed by atoms with Crippen LogP contribution in [-0.4, -0.2) is 35.7 Å². The molecular weight excluding hydrogens is 488 g/mol.